The Kier molecular flexibility index (Phi) is 6.56. The first kappa shape index (κ1) is 21.6. The highest BCUT2D eigenvalue weighted by Gasteiger charge is 2.12. The van der Waals surface area contributed by atoms with Crippen molar-refractivity contribution in [1.82, 2.24) is 19.7 Å². The molecule has 2 aromatic heterocycles. The van der Waals surface area contributed by atoms with Crippen molar-refractivity contribution in [2.24, 2.45) is 0 Å². The second-order valence-electron chi connectivity index (χ2n) is 7.37. The number of hydrogen-bond acceptors (Lipinski definition) is 5. The Bertz CT molecular complexity index is 1240. The zero-order chi connectivity index (χ0) is 22.5. The van der Waals surface area contributed by atoms with E-state index < -0.39 is 0 Å². The van der Waals surface area contributed by atoms with Crippen LogP contribution in [0.1, 0.15) is 30.1 Å². The summed E-state index contributed by atoms with van der Waals surface area (Å²) >= 11 is 6.36. The van der Waals surface area contributed by atoms with Gasteiger partial charge in [0.05, 0.1) is 22.6 Å². The number of imidazole rings is 1. The van der Waals surface area contributed by atoms with Gasteiger partial charge in [0.15, 0.2) is 11.5 Å². The van der Waals surface area contributed by atoms with Crippen LogP contribution in [0.5, 0.6) is 0 Å². The average molecular weight is 449 g/mol. The highest BCUT2D eigenvalue weighted by atomic mass is 35.5. The van der Waals surface area contributed by atoms with Crippen molar-refractivity contribution in [2.75, 3.05) is 24.2 Å². The Morgan fingerprint density at radius 1 is 1.12 bits per heavy atom. The molecule has 0 saturated carbocycles. The smallest absolute Gasteiger partial charge is 0.251 e. The van der Waals surface area contributed by atoms with Crippen molar-refractivity contribution in [3.8, 4) is 11.3 Å². The Morgan fingerprint density at radius 2 is 1.94 bits per heavy atom. The third-order valence-electron chi connectivity index (χ3n) is 5.19. The van der Waals surface area contributed by atoms with Crippen molar-refractivity contribution in [3.05, 3.63) is 71.6 Å². The van der Waals surface area contributed by atoms with Crippen LogP contribution in [0.2, 0.25) is 5.02 Å². The molecule has 0 atom stereocenters. The number of aromatic nitrogens is 3. The monoisotopic (exact) mass is 448 g/mol. The zero-order valence-corrected chi connectivity index (χ0v) is 18.8. The van der Waals surface area contributed by atoms with E-state index in [2.05, 4.69) is 32.8 Å². The Labute approximate surface area is 191 Å². The number of unbranched alkanes of at least 4 members (excludes halogenated alkanes) is 1. The largest absolute Gasteiger partial charge is 0.387 e. The topological polar surface area (TPSA) is 83.4 Å². The van der Waals surface area contributed by atoms with Gasteiger partial charge in [-0.2, -0.15) is 0 Å². The molecular formula is C24H25ClN6O. The fourth-order valence-electron chi connectivity index (χ4n) is 3.42. The van der Waals surface area contributed by atoms with Crippen LogP contribution in [0, 0.1) is 0 Å². The van der Waals surface area contributed by atoms with E-state index in [1.165, 1.54) is 0 Å². The number of rotatable bonds is 8. The highest BCUT2D eigenvalue weighted by molar-refractivity contribution is 6.33. The first-order valence-electron chi connectivity index (χ1n) is 10.6. The summed E-state index contributed by atoms with van der Waals surface area (Å²) in [6, 6.07) is 13.2. The van der Waals surface area contributed by atoms with Crippen molar-refractivity contribution >= 4 is 40.3 Å². The summed E-state index contributed by atoms with van der Waals surface area (Å²) in [4.78, 5) is 21.2. The van der Waals surface area contributed by atoms with Gasteiger partial charge in [-0.25, -0.2) is 9.97 Å². The minimum Gasteiger partial charge on any atom is -0.387 e. The Balaban J connectivity index is 1.56. The van der Waals surface area contributed by atoms with E-state index in [4.69, 9.17) is 11.6 Å². The van der Waals surface area contributed by atoms with Crippen molar-refractivity contribution in [1.29, 1.82) is 0 Å². The molecule has 4 rings (SSSR count). The molecule has 2 aromatic carbocycles. The molecule has 3 N–H and O–H groups in total. The van der Waals surface area contributed by atoms with Gasteiger partial charge in [-0.15, -0.1) is 0 Å². The number of fused-ring (bicyclic) bond motifs is 1. The third kappa shape index (κ3) is 4.53. The van der Waals surface area contributed by atoms with E-state index >= 15 is 0 Å². The van der Waals surface area contributed by atoms with Gasteiger partial charge >= 0.3 is 0 Å². The first-order chi connectivity index (χ1) is 15.6. The predicted octanol–water partition coefficient (Wildman–Crippen LogP) is 5.36. The summed E-state index contributed by atoms with van der Waals surface area (Å²) in [5, 5.41) is 9.93. The van der Waals surface area contributed by atoms with E-state index in [1.54, 1.807) is 24.5 Å². The fraction of sp³-hybridized carbons (Fsp3) is 0.208. The number of hydrogen-bond donors (Lipinski definition) is 3. The number of nitrogens with one attached hydrogen (secondary N) is 3. The maximum atomic E-state index is 12.2. The maximum absolute atomic E-state index is 12.2. The van der Waals surface area contributed by atoms with Crippen LogP contribution in [-0.2, 0) is 0 Å². The Morgan fingerprint density at radius 3 is 2.66 bits per heavy atom. The van der Waals surface area contributed by atoms with Crippen LogP contribution < -0.4 is 16.0 Å². The molecule has 0 fully saturated rings. The molecule has 8 heteroatoms. The average Bonchev–Trinajstić information content (AvgIpc) is 3.25. The zero-order valence-electron chi connectivity index (χ0n) is 18.0. The standard InChI is InChI=1S/C24H25ClN6O/c1-3-4-11-28-24(32)16-5-8-18(9-6-16)30-22-23-29-15-21(31(23)13-12-27-22)17-7-10-20(26-2)19(25)14-17/h5-10,12-15,26H,3-4,11H2,1-2H3,(H,27,30)(H,28,32). The normalized spacial score (nSPS) is 10.8. The molecule has 0 aliphatic heterocycles. The predicted molar refractivity (Wildman–Crippen MR) is 130 cm³/mol. The van der Waals surface area contributed by atoms with Gasteiger partial charge in [-0.1, -0.05) is 31.0 Å². The minimum absolute atomic E-state index is 0.0638. The van der Waals surface area contributed by atoms with Crippen LogP contribution in [0.25, 0.3) is 16.9 Å². The highest BCUT2D eigenvalue weighted by Crippen LogP contribution is 2.30. The van der Waals surface area contributed by atoms with Crippen molar-refractivity contribution < 1.29 is 4.79 Å². The van der Waals surface area contributed by atoms with Gasteiger partial charge < -0.3 is 16.0 Å². The molecule has 2 heterocycles. The number of carbonyl (C=O) groups excluding carboxylic acids is 1. The summed E-state index contributed by atoms with van der Waals surface area (Å²) in [5.74, 6) is 0.558. The van der Waals surface area contributed by atoms with E-state index in [9.17, 15) is 4.79 Å². The molecule has 0 radical (unpaired) electrons. The van der Waals surface area contributed by atoms with Gasteiger partial charge in [-0.05, 0) is 42.8 Å². The lowest BCUT2D eigenvalue weighted by molar-refractivity contribution is 0.0953. The lowest BCUT2D eigenvalue weighted by Gasteiger charge is -2.10. The van der Waals surface area contributed by atoms with Gasteiger partial charge in [0.2, 0.25) is 0 Å². The van der Waals surface area contributed by atoms with Gasteiger partial charge in [0.25, 0.3) is 5.91 Å². The summed E-state index contributed by atoms with van der Waals surface area (Å²) in [6.45, 7) is 2.78. The second-order valence-corrected chi connectivity index (χ2v) is 7.78. The van der Waals surface area contributed by atoms with Crippen LogP contribution in [0.4, 0.5) is 17.2 Å². The molecule has 0 bridgehead atoms. The number of nitrogens with zero attached hydrogens (tertiary/aromatic N) is 3. The molecule has 4 aromatic rings. The fourth-order valence-corrected chi connectivity index (χ4v) is 3.70. The van der Waals surface area contributed by atoms with Crippen LogP contribution >= 0.6 is 11.6 Å². The van der Waals surface area contributed by atoms with E-state index in [0.29, 0.717) is 28.6 Å². The number of halogens is 1. The van der Waals surface area contributed by atoms with E-state index in [-0.39, 0.29) is 5.91 Å². The van der Waals surface area contributed by atoms with E-state index in [0.717, 1.165) is 35.5 Å². The summed E-state index contributed by atoms with van der Waals surface area (Å²) in [6.07, 6.45) is 7.41. The van der Waals surface area contributed by atoms with Crippen molar-refractivity contribution in [2.45, 2.75) is 19.8 Å². The first-order valence-corrected chi connectivity index (χ1v) is 10.9. The molecule has 0 spiro atoms. The Hall–Kier alpha value is -3.58. The third-order valence-corrected chi connectivity index (χ3v) is 5.50. The number of carbonyl (C=O) groups is 1. The molecule has 1 amide bonds. The number of anilines is 3. The van der Waals surface area contributed by atoms with E-state index in [1.807, 2.05) is 48.0 Å². The maximum Gasteiger partial charge on any atom is 0.251 e. The van der Waals surface area contributed by atoms with Gasteiger partial charge in [0.1, 0.15) is 0 Å². The van der Waals surface area contributed by atoms with Crippen LogP contribution in [-0.4, -0.2) is 33.9 Å². The lowest BCUT2D eigenvalue weighted by atomic mass is 10.1. The molecule has 32 heavy (non-hydrogen) atoms. The summed E-state index contributed by atoms with van der Waals surface area (Å²) in [5.41, 5.74) is 4.88. The van der Waals surface area contributed by atoms with Gasteiger partial charge in [0, 0.05) is 42.8 Å². The summed E-state index contributed by atoms with van der Waals surface area (Å²) in [7, 11) is 1.84. The minimum atomic E-state index is -0.0638. The molecule has 0 unspecified atom stereocenters. The molecule has 7 nitrogen and oxygen atoms in total. The van der Waals surface area contributed by atoms with Gasteiger partial charge in [-0.3, -0.25) is 9.20 Å². The molecular weight excluding hydrogens is 424 g/mol. The number of benzene rings is 2. The molecule has 0 saturated heterocycles. The number of amides is 1. The van der Waals surface area contributed by atoms with Crippen LogP contribution in [0.3, 0.4) is 0 Å². The van der Waals surface area contributed by atoms with Crippen molar-refractivity contribution in [3.63, 3.8) is 0 Å². The molecule has 0 aliphatic carbocycles. The summed E-state index contributed by atoms with van der Waals surface area (Å²) < 4.78 is 1.97. The molecule has 164 valence electrons. The quantitative estimate of drug-likeness (QED) is 0.316. The lowest BCUT2D eigenvalue weighted by Crippen LogP contribution is -2.24. The SMILES string of the molecule is CCCCNC(=O)c1ccc(Nc2nccn3c(-c4ccc(NC)c(Cl)c4)cnc23)cc1. The van der Waals surface area contributed by atoms with Crippen LogP contribution in [0.15, 0.2) is 61.1 Å². The second kappa shape index (κ2) is 9.70. The molecule has 0 aliphatic rings.